The molecule has 6 heteroatoms. The van der Waals surface area contributed by atoms with Crippen molar-refractivity contribution in [3.05, 3.63) is 10.6 Å². The van der Waals surface area contributed by atoms with Gasteiger partial charge in [0, 0.05) is 29.7 Å². The zero-order valence-electron chi connectivity index (χ0n) is 11.9. The number of nitrogens with one attached hydrogen (secondary N) is 1. The van der Waals surface area contributed by atoms with Crippen molar-refractivity contribution < 1.29 is 9.59 Å². The van der Waals surface area contributed by atoms with Gasteiger partial charge in [0.05, 0.1) is 12.2 Å². The number of rotatable bonds is 3. The van der Waals surface area contributed by atoms with Crippen molar-refractivity contribution in [2.45, 2.75) is 45.1 Å². The summed E-state index contributed by atoms with van der Waals surface area (Å²) in [5, 5.41) is 3.62. The maximum Gasteiger partial charge on any atom is 0.229 e. The Morgan fingerprint density at radius 3 is 2.67 bits per heavy atom. The number of nitrogens with zero attached hydrogens (tertiary/aromatic N) is 2. The minimum absolute atomic E-state index is 0.100. The highest BCUT2D eigenvalue weighted by Crippen LogP contribution is 2.34. The number of thiazole rings is 1. The zero-order valence-corrected chi connectivity index (χ0v) is 12.7. The number of anilines is 1. The molecule has 1 aromatic rings. The highest BCUT2D eigenvalue weighted by Gasteiger charge is 2.33. The molecule has 1 N–H and O–H groups in total. The van der Waals surface area contributed by atoms with Gasteiger partial charge >= 0.3 is 0 Å². The van der Waals surface area contributed by atoms with Gasteiger partial charge in [-0.3, -0.25) is 9.59 Å². The SMILES string of the molecule is O=C(Nc1nc2c(s1)CN(C(=O)C1CCC1)CC2)C1CC1. The molecule has 5 nitrogen and oxygen atoms in total. The maximum atomic E-state index is 12.3. The van der Waals surface area contributed by atoms with Gasteiger partial charge in [-0.2, -0.15) is 0 Å². The van der Waals surface area contributed by atoms with Gasteiger partial charge in [-0.1, -0.05) is 17.8 Å². The van der Waals surface area contributed by atoms with Crippen molar-refractivity contribution in [2.24, 2.45) is 11.8 Å². The highest BCUT2D eigenvalue weighted by atomic mass is 32.1. The molecule has 21 heavy (non-hydrogen) atoms. The van der Waals surface area contributed by atoms with Crippen LogP contribution in [0.1, 0.15) is 42.7 Å². The summed E-state index contributed by atoms with van der Waals surface area (Å²) in [4.78, 5) is 31.7. The molecule has 1 aromatic heterocycles. The fourth-order valence-electron chi connectivity index (χ4n) is 2.90. The summed E-state index contributed by atoms with van der Waals surface area (Å²) in [5.41, 5.74) is 1.06. The maximum absolute atomic E-state index is 12.3. The van der Waals surface area contributed by atoms with Crippen LogP contribution in [0.15, 0.2) is 0 Å². The first-order chi connectivity index (χ1) is 10.2. The molecule has 2 amide bonds. The summed E-state index contributed by atoms with van der Waals surface area (Å²) in [6, 6.07) is 0. The van der Waals surface area contributed by atoms with Gasteiger partial charge in [0.15, 0.2) is 5.13 Å². The van der Waals surface area contributed by atoms with Gasteiger partial charge in [0.2, 0.25) is 11.8 Å². The second-order valence-corrected chi connectivity index (χ2v) is 7.37. The van der Waals surface area contributed by atoms with Gasteiger partial charge in [-0.15, -0.1) is 0 Å². The van der Waals surface area contributed by atoms with E-state index < -0.39 is 0 Å². The van der Waals surface area contributed by atoms with E-state index in [1.807, 2.05) is 4.90 Å². The van der Waals surface area contributed by atoms with Crippen molar-refractivity contribution in [2.75, 3.05) is 11.9 Å². The monoisotopic (exact) mass is 305 g/mol. The van der Waals surface area contributed by atoms with Crippen molar-refractivity contribution >= 4 is 28.3 Å². The molecular weight excluding hydrogens is 286 g/mol. The molecule has 0 unspecified atom stereocenters. The normalized spacial score (nSPS) is 21.6. The minimum atomic E-state index is 0.100. The van der Waals surface area contributed by atoms with Crippen molar-refractivity contribution in [1.82, 2.24) is 9.88 Å². The first-order valence-corrected chi connectivity index (χ1v) is 8.60. The summed E-state index contributed by atoms with van der Waals surface area (Å²) >= 11 is 1.53. The number of hydrogen-bond donors (Lipinski definition) is 1. The lowest BCUT2D eigenvalue weighted by atomic mass is 9.84. The molecule has 4 rings (SSSR count). The van der Waals surface area contributed by atoms with Crippen LogP contribution in [0.5, 0.6) is 0 Å². The Labute approximate surface area is 127 Å². The van der Waals surface area contributed by atoms with Crippen LogP contribution in [0.3, 0.4) is 0 Å². The molecule has 0 bridgehead atoms. The molecule has 0 radical (unpaired) electrons. The third-order valence-electron chi connectivity index (χ3n) is 4.68. The Bertz CT molecular complexity index is 590. The zero-order chi connectivity index (χ0) is 14.4. The van der Waals surface area contributed by atoms with Crippen LogP contribution in [0.25, 0.3) is 0 Å². The van der Waals surface area contributed by atoms with E-state index in [1.54, 1.807) is 0 Å². The topological polar surface area (TPSA) is 62.3 Å². The molecular formula is C15H19N3O2S. The van der Waals surface area contributed by atoms with E-state index in [1.165, 1.54) is 17.8 Å². The molecule has 1 aliphatic heterocycles. The van der Waals surface area contributed by atoms with E-state index in [2.05, 4.69) is 10.3 Å². The smallest absolute Gasteiger partial charge is 0.229 e. The van der Waals surface area contributed by atoms with Crippen LogP contribution in [0, 0.1) is 11.8 Å². The van der Waals surface area contributed by atoms with E-state index in [4.69, 9.17) is 0 Å². The average molecular weight is 305 g/mol. The Hall–Kier alpha value is -1.43. The number of amides is 2. The van der Waals surface area contributed by atoms with Crippen molar-refractivity contribution in [1.29, 1.82) is 0 Å². The molecule has 112 valence electrons. The van der Waals surface area contributed by atoms with E-state index in [9.17, 15) is 9.59 Å². The van der Waals surface area contributed by atoms with Gasteiger partial charge in [0.25, 0.3) is 0 Å². The molecule has 2 aliphatic carbocycles. The van der Waals surface area contributed by atoms with Crippen LogP contribution in [0.2, 0.25) is 0 Å². The molecule has 2 fully saturated rings. The largest absolute Gasteiger partial charge is 0.337 e. The van der Waals surface area contributed by atoms with Gasteiger partial charge in [0.1, 0.15) is 0 Å². The molecule has 0 saturated heterocycles. The Balaban J connectivity index is 1.43. The Morgan fingerprint density at radius 1 is 1.19 bits per heavy atom. The van der Waals surface area contributed by atoms with Crippen LogP contribution in [-0.4, -0.2) is 28.2 Å². The second-order valence-electron chi connectivity index (χ2n) is 6.29. The van der Waals surface area contributed by atoms with Crippen LogP contribution >= 0.6 is 11.3 Å². The molecule has 3 aliphatic rings. The standard InChI is InChI=1S/C15H19N3O2S/c19-13(9-4-5-9)17-15-16-11-6-7-18(8-12(11)21-15)14(20)10-2-1-3-10/h9-10H,1-8H2,(H,16,17,19). The summed E-state index contributed by atoms with van der Waals surface area (Å²) < 4.78 is 0. The first-order valence-electron chi connectivity index (χ1n) is 7.79. The number of fused-ring (bicyclic) bond motifs is 1. The van der Waals surface area contributed by atoms with Gasteiger partial charge < -0.3 is 10.2 Å². The quantitative estimate of drug-likeness (QED) is 0.931. The molecule has 2 heterocycles. The molecule has 0 spiro atoms. The average Bonchev–Trinajstić information content (AvgIpc) is 3.17. The van der Waals surface area contributed by atoms with Crippen LogP contribution in [-0.2, 0) is 22.6 Å². The summed E-state index contributed by atoms with van der Waals surface area (Å²) in [6.45, 7) is 1.43. The van der Waals surface area contributed by atoms with Crippen LogP contribution < -0.4 is 5.32 Å². The molecule has 2 saturated carbocycles. The molecule has 0 aromatic carbocycles. The Morgan fingerprint density at radius 2 is 2.00 bits per heavy atom. The second kappa shape index (κ2) is 5.09. The number of carbonyl (C=O) groups excluding carboxylic acids is 2. The van der Waals surface area contributed by atoms with E-state index >= 15 is 0 Å². The summed E-state index contributed by atoms with van der Waals surface area (Å²) in [5.74, 6) is 0.864. The number of carbonyl (C=O) groups is 2. The van der Waals surface area contributed by atoms with Gasteiger partial charge in [-0.25, -0.2) is 4.98 Å². The molecule has 0 atom stereocenters. The van der Waals surface area contributed by atoms with Crippen LogP contribution in [0.4, 0.5) is 5.13 Å². The Kier molecular flexibility index (Phi) is 3.21. The van der Waals surface area contributed by atoms with E-state index in [-0.39, 0.29) is 17.7 Å². The van der Waals surface area contributed by atoms with E-state index in [0.29, 0.717) is 17.6 Å². The number of hydrogen-bond acceptors (Lipinski definition) is 4. The predicted molar refractivity (Wildman–Crippen MR) is 79.9 cm³/mol. The van der Waals surface area contributed by atoms with Crippen molar-refractivity contribution in [3.63, 3.8) is 0 Å². The minimum Gasteiger partial charge on any atom is -0.337 e. The lowest BCUT2D eigenvalue weighted by molar-refractivity contribution is -0.139. The van der Waals surface area contributed by atoms with E-state index in [0.717, 1.165) is 49.2 Å². The first kappa shape index (κ1) is 13.2. The lowest BCUT2D eigenvalue weighted by Crippen LogP contribution is -2.41. The third kappa shape index (κ3) is 2.57. The third-order valence-corrected chi connectivity index (χ3v) is 5.67. The summed E-state index contributed by atoms with van der Waals surface area (Å²) in [6.07, 6.45) is 6.10. The summed E-state index contributed by atoms with van der Waals surface area (Å²) in [7, 11) is 0. The lowest BCUT2D eigenvalue weighted by Gasteiger charge is -2.33. The number of aromatic nitrogens is 1. The van der Waals surface area contributed by atoms with Crippen molar-refractivity contribution in [3.8, 4) is 0 Å². The van der Waals surface area contributed by atoms with Gasteiger partial charge in [-0.05, 0) is 25.7 Å². The predicted octanol–water partition coefficient (Wildman–Crippen LogP) is 2.18. The highest BCUT2D eigenvalue weighted by molar-refractivity contribution is 7.15. The fraction of sp³-hybridized carbons (Fsp3) is 0.667. The fourth-order valence-corrected chi connectivity index (χ4v) is 3.93.